The maximum Gasteiger partial charge on any atom is 0.255 e. The third kappa shape index (κ3) is 5.11. The van der Waals surface area contributed by atoms with Crippen LogP contribution in [0.1, 0.15) is 41.8 Å². The van der Waals surface area contributed by atoms with E-state index in [1.54, 1.807) is 0 Å². The van der Waals surface area contributed by atoms with E-state index in [9.17, 15) is 4.79 Å². The van der Waals surface area contributed by atoms with Gasteiger partial charge in [-0.3, -0.25) is 9.69 Å². The zero-order valence-electron chi connectivity index (χ0n) is 14.7. The number of aryl methyl sites for hydroxylation is 1. The van der Waals surface area contributed by atoms with Gasteiger partial charge in [-0.05, 0) is 32.4 Å². The molecule has 0 aliphatic carbocycles. The van der Waals surface area contributed by atoms with Gasteiger partial charge in [0, 0.05) is 13.2 Å². The predicted octanol–water partition coefficient (Wildman–Crippen LogP) is 1.98. The average Bonchev–Trinajstić information content (AvgIpc) is 3.26. The normalized spacial score (nSPS) is 17.2. The Kier molecular flexibility index (Phi) is 5.78. The number of rotatable bonds is 7. The van der Waals surface area contributed by atoms with Crippen molar-refractivity contribution in [2.75, 3.05) is 20.2 Å². The Morgan fingerprint density at radius 3 is 2.88 bits per heavy atom. The molecule has 1 unspecified atom stereocenters. The quantitative estimate of drug-likeness (QED) is 0.827. The number of carbonyl (C=O) groups is 1. The second kappa shape index (κ2) is 8.22. The lowest BCUT2D eigenvalue weighted by atomic mass is 10.1. The molecular weight excluding hydrogens is 320 g/mol. The molecule has 1 amide bonds. The fourth-order valence-corrected chi connectivity index (χ4v) is 2.78. The second-order valence-electron chi connectivity index (χ2n) is 6.49. The molecule has 1 N–H and O–H groups in total. The van der Waals surface area contributed by atoms with Crippen LogP contribution < -0.4 is 5.32 Å². The molecule has 25 heavy (non-hydrogen) atoms. The monoisotopic (exact) mass is 344 g/mol. The maximum absolute atomic E-state index is 12.1. The molecule has 1 aliphatic heterocycles. The van der Waals surface area contributed by atoms with Crippen LogP contribution in [-0.4, -0.2) is 41.1 Å². The summed E-state index contributed by atoms with van der Waals surface area (Å²) in [5.41, 5.74) is 2.41. The molecule has 0 bridgehead atoms. The smallest absolute Gasteiger partial charge is 0.255 e. The first-order valence-electron chi connectivity index (χ1n) is 8.55. The lowest BCUT2D eigenvalue weighted by Gasteiger charge is -2.16. The first-order chi connectivity index (χ1) is 12.1. The van der Waals surface area contributed by atoms with Gasteiger partial charge in [0.1, 0.15) is 6.10 Å². The molecule has 1 saturated heterocycles. The van der Waals surface area contributed by atoms with Gasteiger partial charge in [0.25, 0.3) is 5.89 Å². The van der Waals surface area contributed by atoms with Crippen LogP contribution >= 0.6 is 0 Å². The summed E-state index contributed by atoms with van der Waals surface area (Å²) in [4.78, 5) is 18.3. The molecule has 1 atom stereocenters. The Balaban J connectivity index is 1.42. The number of benzene rings is 1. The number of hydrogen-bond donors (Lipinski definition) is 1. The van der Waals surface area contributed by atoms with Crippen LogP contribution in [0.15, 0.2) is 28.8 Å². The van der Waals surface area contributed by atoms with Crippen molar-refractivity contribution in [2.45, 2.75) is 39.0 Å². The molecule has 0 saturated carbocycles. The van der Waals surface area contributed by atoms with E-state index in [-0.39, 0.29) is 18.6 Å². The van der Waals surface area contributed by atoms with Crippen LogP contribution in [-0.2, 0) is 22.6 Å². The topological polar surface area (TPSA) is 80.5 Å². The van der Waals surface area contributed by atoms with E-state index in [2.05, 4.69) is 46.6 Å². The molecule has 1 aromatic heterocycles. The second-order valence-corrected chi connectivity index (χ2v) is 6.49. The van der Waals surface area contributed by atoms with Gasteiger partial charge in [0.05, 0.1) is 13.1 Å². The van der Waals surface area contributed by atoms with E-state index in [0.29, 0.717) is 18.3 Å². The average molecular weight is 344 g/mol. The number of likely N-dealkylation sites (N-methyl/N-ethyl adjacent to an activating group) is 1. The van der Waals surface area contributed by atoms with Gasteiger partial charge in [-0.25, -0.2) is 0 Å². The summed E-state index contributed by atoms with van der Waals surface area (Å²) in [6, 6.07) is 8.31. The number of hydrogen-bond acceptors (Lipinski definition) is 6. The van der Waals surface area contributed by atoms with Crippen molar-refractivity contribution in [3.8, 4) is 0 Å². The highest BCUT2D eigenvalue weighted by Gasteiger charge is 2.23. The molecule has 2 heterocycles. The van der Waals surface area contributed by atoms with Crippen molar-refractivity contribution in [1.82, 2.24) is 20.4 Å². The van der Waals surface area contributed by atoms with E-state index < -0.39 is 0 Å². The van der Waals surface area contributed by atoms with Crippen LogP contribution in [0.25, 0.3) is 0 Å². The Morgan fingerprint density at radius 2 is 2.16 bits per heavy atom. The van der Waals surface area contributed by atoms with E-state index >= 15 is 0 Å². The molecule has 1 aliphatic rings. The van der Waals surface area contributed by atoms with E-state index in [4.69, 9.17) is 9.26 Å². The lowest BCUT2D eigenvalue weighted by Crippen LogP contribution is -2.34. The number of aromatic nitrogens is 2. The van der Waals surface area contributed by atoms with Gasteiger partial charge < -0.3 is 14.6 Å². The van der Waals surface area contributed by atoms with Crippen molar-refractivity contribution in [2.24, 2.45) is 0 Å². The molecule has 3 rings (SSSR count). The minimum atomic E-state index is -0.0994. The summed E-state index contributed by atoms with van der Waals surface area (Å²) in [5.74, 6) is 0.899. The molecule has 7 nitrogen and oxygen atoms in total. The van der Waals surface area contributed by atoms with Gasteiger partial charge in [-0.15, -0.1) is 0 Å². The van der Waals surface area contributed by atoms with E-state index in [1.807, 2.05) is 11.9 Å². The van der Waals surface area contributed by atoms with Gasteiger partial charge >= 0.3 is 0 Å². The molecule has 1 aromatic carbocycles. The summed E-state index contributed by atoms with van der Waals surface area (Å²) < 4.78 is 10.7. The zero-order chi connectivity index (χ0) is 17.6. The Hall–Kier alpha value is -2.25. The molecule has 2 aromatic rings. The lowest BCUT2D eigenvalue weighted by molar-refractivity contribution is -0.122. The molecule has 134 valence electrons. The fourth-order valence-electron chi connectivity index (χ4n) is 2.78. The number of amides is 1. The van der Waals surface area contributed by atoms with Gasteiger partial charge in [0.15, 0.2) is 5.82 Å². The van der Waals surface area contributed by atoms with Crippen LogP contribution in [0.5, 0.6) is 0 Å². The summed E-state index contributed by atoms with van der Waals surface area (Å²) >= 11 is 0. The molecule has 0 spiro atoms. The molecule has 7 heteroatoms. The standard InChI is InChI=1S/C18H24N4O3/c1-13-5-7-14(8-6-13)11-22(2)12-17(23)19-10-16-20-18(25-21-16)15-4-3-9-24-15/h5-8,15H,3-4,9-12H2,1-2H3,(H,19,23). The van der Waals surface area contributed by atoms with Gasteiger partial charge in [0.2, 0.25) is 5.91 Å². The van der Waals surface area contributed by atoms with Crippen LogP contribution in [0.3, 0.4) is 0 Å². The zero-order valence-corrected chi connectivity index (χ0v) is 14.7. The molecule has 0 radical (unpaired) electrons. The van der Waals surface area contributed by atoms with Gasteiger partial charge in [-0.2, -0.15) is 4.98 Å². The Bertz CT molecular complexity index is 693. The highest BCUT2D eigenvalue weighted by molar-refractivity contribution is 5.77. The fraction of sp³-hybridized carbons (Fsp3) is 0.500. The summed E-state index contributed by atoms with van der Waals surface area (Å²) in [6.07, 6.45) is 1.81. The number of nitrogens with zero attached hydrogens (tertiary/aromatic N) is 3. The van der Waals surface area contributed by atoms with Crippen molar-refractivity contribution in [1.29, 1.82) is 0 Å². The van der Waals surface area contributed by atoms with Crippen LogP contribution in [0.4, 0.5) is 0 Å². The van der Waals surface area contributed by atoms with Crippen LogP contribution in [0.2, 0.25) is 0 Å². The third-order valence-corrected chi connectivity index (χ3v) is 4.12. The Morgan fingerprint density at radius 1 is 1.36 bits per heavy atom. The highest BCUT2D eigenvalue weighted by atomic mass is 16.5. The summed E-state index contributed by atoms with van der Waals surface area (Å²) in [5, 5.41) is 6.72. The first kappa shape index (κ1) is 17.6. The maximum atomic E-state index is 12.1. The summed E-state index contributed by atoms with van der Waals surface area (Å²) in [7, 11) is 1.92. The SMILES string of the molecule is Cc1ccc(CN(C)CC(=O)NCc2noc(C3CCCO3)n2)cc1. The number of ether oxygens (including phenoxy) is 1. The Labute approximate surface area is 147 Å². The molecular formula is C18H24N4O3. The number of nitrogens with one attached hydrogen (secondary N) is 1. The van der Waals surface area contributed by atoms with Crippen molar-refractivity contribution in [3.05, 3.63) is 47.1 Å². The third-order valence-electron chi connectivity index (χ3n) is 4.12. The molecule has 1 fully saturated rings. The van der Waals surface area contributed by atoms with E-state index in [1.165, 1.54) is 11.1 Å². The minimum Gasteiger partial charge on any atom is -0.368 e. The van der Waals surface area contributed by atoms with Gasteiger partial charge in [-0.1, -0.05) is 35.0 Å². The van der Waals surface area contributed by atoms with Crippen LogP contribution in [0, 0.1) is 6.92 Å². The largest absolute Gasteiger partial charge is 0.368 e. The number of carbonyl (C=O) groups excluding carboxylic acids is 1. The van der Waals surface area contributed by atoms with Crippen molar-refractivity contribution >= 4 is 5.91 Å². The highest BCUT2D eigenvalue weighted by Crippen LogP contribution is 2.26. The minimum absolute atomic E-state index is 0.0712. The summed E-state index contributed by atoms with van der Waals surface area (Å²) in [6.45, 7) is 4.08. The van der Waals surface area contributed by atoms with Crippen molar-refractivity contribution < 1.29 is 14.1 Å². The predicted molar refractivity (Wildman–Crippen MR) is 91.6 cm³/mol. The van der Waals surface area contributed by atoms with Crippen molar-refractivity contribution in [3.63, 3.8) is 0 Å². The van der Waals surface area contributed by atoms with E-state index in [0.717, 1.165) is 26.0 Å². The first-order valence-corrected chi connectivity index (χ1v) is 8.55.